The molecule has 0 aliphatic heterocycles. The number of carbonyl (C=O) groups excluding carboxylic acids is 1. The van der Waals surface area contributed by atoms with Gasteiger partial charge in [-0.1, -0.05) is 30.4 Å². The van der Waals surface area contributed by atoms with Gasteiger partial charge in [0.05, 0.1) is 0 Å². The number of alkyl carbamates (subject to hydrolysis) is 1. The molecule has 122 valence electrons. The maximum atomic E-state index is 12.8. The van der Waals surface area contributed by atoms with E-state index < -0.39 is 18.1 Å². The van der Waals surface area contributed by atoms with E-state index in [2.05, 4.69) is 5.32 Å². The third kappa shape index (κ3) is 5.58. The number of hydrogen-bond donors (Lipinski definition) is 2. The molecule has 1 aliphatic carbocycles. The minimum atomic E-state index is -1.12. The fourth-order valence-electron chi connectivity index (χ4n) is 2.17. The number of amides is 1. The number of nitrogens with one attached hydrogen (secondary N) is 1. The van der Waals surface area contributed by atoms with Crippen LogP contribution in [0.25, 0.3) is 0 Å². The summed E-state index contributed by atoms with van der Waals surface area (Å²) in [4.78, 5) is 23.0. The predicted molar refractivity (Wildman–Crippen MR) is 82.2 cm³/mol. The van der Waals surface area contributed by atoms with E-state index in [1.807, 2.05) is 18.2 Å². The number of halogens is 1. The average Bonchev–Trinajstić information content (AvgIpc) is 2.54. The van der Waals surface area contributed by atoms with Crippen molar-refractivity contribution in [2.24, 2.45) is 0 Å². The van der Waals surface area contributed by atoms with E-state index >= 15 is 0 Å². The lowest BCUT2D eigenvalue weighted by atomic mass is 10.0. The van der Waals surface area contributed by atoms with Crippen LogP contribution in [0.15, 0.2) is 48.1 Å². The molecule has 0 radical (unpaired) electrons. The van der Waals surface area contributed by atoms with Gasteiger partial charge in [0, 0.05) is 6.42 Å². The predicted octanol–water partition coefficient (Wildman–Crippen LogP) is 3.17. The minimum Gasteiger partial charge on any atom is -0.480 e. The highest BCUT2D eigenvalue weighted by Crippen LogP contribution is 2.15. The summed E-state index contributed by atoms with van der Waals surface area (Å²) in [7, 11) is 0. The number of carboxylic acid groups (broad SMARTS) is 1. The highest BCUT2D eigenvalue weighted by Gasteiger charge is 2.21. The zero-order valence-corrected chi connectivity index (χ0v) is 12.5. The van der Waals surface area contributed by atoms with Gasteiger partial charge in [-0.15, -0.1) is 0 Å². The van der Waals surface area contributed by atoms with E-state index in [0.29, 0.717) is 5.56 Å². The summed E-state index contributed by atoms with van der Waals surface area (Å²) in [5, 5.41) is 11.5. The molecule has 0 spiro atoms. The molecule has 1 aromatic rings. The van der Waals surface area contributed by atoms with E-state index in [1.54, 1.807) is 0 Å². The van der Waals surface area contributed by atoms with Crippen LogP contribution >= 0.6 is 0 Å². The smallest absolute Gasteiger partial charge is 0.408 e. The maximum Gasteiger partial charge on any atom is 0.408 e. The van der Waals surface area contributed by atoms with Crippen molar-refractivity contribution < 1.29 is 23.8 Å². The molecule has 1 atom stereocenters. The van der Waals surface area contributed by atoms with Crippen LogP contribution in [0.3, 0.4) is 0 Å². The number of aliphatic carboxylic acids is 1. The van der Waals surface area contributed by atoms with Crippen LogP contribution in [0.1, 0.15) is 24.8 Å². The van der Waals surface area contributed by atoms with Crippen LogP contribution < -0.4 is 5.32 Å². The van der Waals surface area contributed by atoms with E-state index in [0.717, 1.165) is 18.4 Å². The fraction of sp³-hybridized carbons (Fsp3) is 0.294. The SMILES string of the molecule is O=C(N[C@H](CC1=CCCC=C1)C(=O)O)OCc1ccc(F)cc1. The first kappa shape index (κ1) is 16.7. The number of ether oxygens (including phenoxy) is 1. The second kappa shape index (κ2) is 8.12. The molecule has 0 fully saturated rings. The molecule has 0 saturated heterocycles. The molecule has 0 bridgehead atoms. The monoisotopic (exact) mass is 319 g/mol. The number of allylic oxidation sites excluding steroid dienone is 3. The van der Waals surface area contributed by atoms with Crippen LogP contribution in [0.2, 0.25) is 0 Å². The van der Waals surface area contributed by atoms with Crippen molar-refractivity contribution >= 4 is 12.1 Å². The number of rotatable bonds is 6. The molecular formula is C17H18FNO4. The maximum absolute atomic E-state index is 12.8. The summed E-state index contributed by atoms with van der Waals surface area (Å²) in [5.41, 5.74) is 1.49. The number of benzene rings is 1. The number of carbonyl (C=O) groups is 2. The molecule has 1 amide bonds. The van der Waals surface area contributed by atoms with E-state index in [4.69, 9.17) is 4.74 Å². The Morgan fingerprint density at radius 1 is 1.26 bits per heavy atom. The quantitative estimate of drug-likeness (QED) is 0.844. The van der Waals surface area contributed by atoms with Gasteiger partial charge in [0.2, 0.25) is 0 Å². The van der Waals surface area contributed by atoms with Gasteiger partial charge >= 0.3 is 12.1 Å². The molecule has 1 aromatic carbocycles. The van der Waals surface area contributed by atoms with Crippen LogP contribution in [0.4, 0.5) is 9.18 Å². The largest absolute Gasteiger partial charge is 0.480 e. The summed E-state index contributed by atoms with van der Waals surface area (Å²) in [6.07, 6.45) is 6.99. The van der Waals surface area contributed by atoms with Gasteiger partial charge in [0.1, 0.15) is 18.5 Å². The third-order valence-electron chi connectivity index (χ3n) is 3.38. The van der Waals surface area contributed by atoms with Crippen molar-refractivity contribution in [1.29, 1.82) is 0 Å². The van der Waals surface area contributed by atoms with Gasteiger partial charge < -0.3 is 15.2 Å². The Hall–Kier alpha value is -2.63. The van der Waals surface area contributed by atoms with Crippen LogP contribution in [-0.4, -0.2) is 23.2 Å². The second-order valence-corrected chi connectivity index (χ2v) is 5.20. The Kier molecular flexibility index (Phi) is 5.91. The normalized spacial score (nSPS) is 14.7. The zero-order chi connectivity index (χ0) is 16.7. The van der Waals surface area contributed by atoms with Gasteiger partial charge in [-0.3, -0.25) is 0 Å². The number of hydrogen-bond acceptors (Lipinski definition) is 3. The summed E-state index contributed by atoms with van der Waals surface area (Å²) in [6, 6.07) is 4.46. The van der Waals surface area contributed by atoms with Gasteiger partial charge in [0.25, 0.3) is 0 Å². The Balaban J connectivity index is 1.85. The van der Waals surface area contributed by atoms with E-state index in [-0.39, 0.29) is 18.8 Å². The van der Waals surface area contributed by atoms with Crippen molar-refractivity contribution in [2.75, 3.05) is 0 Å². The fourth-order valence-corrected chi connectivity index (χ4v) is 2.17. The standard InChI is InChI=1S/C17H18FNO4/c18-14-8-6-13(7-9-14)11-23-17(22)19-15(16(20)21)10-12-4-2-1-3-5-12/h2,4-9,15H,1,3,10-11H2,(H,19,22)(H,20,21)/t15-/m1/s1. The third-order valence-corrected chi connectivity index (χ3v) is 3.38. The lowest BCUT2D eigenvalue weighted by molar-refractivity contribution is -0.139. The Bertz CT molecular complexity index is 622. The molecule has 6 heteroatoms. The molecule has 1 aliphatic rings. The van der Waals surface area contributed by atoms with Gasteiger partial charge in [-0.2, -0.15) is 0 Å². The average molecular weight is 319 g/mol. The molecule has 2 rings (SSSR count). The highest BCUT2D eigenvalue weighted by atomic mass is 19.1. The van der Waals surface area contributed by atoms with Crippen LogP contribution in [0.5, 0.6) is 0 Å². The highest BCUT2D eigenvalue weighted by molar-refractivity contribution is 5.80. The molecule has 0 saturated carbocycles. The summed E-state index contributed by atoms with van der Waals surface area (Å²) >= 11 is 0. The van der Waals surface area contributed by atoms with E-state index in [1.165, 1.54) is 24.3 Å². The van der Waals surface area contributed by atoms with Crippen molar-refractivity contribution in [3.05, 3.63) is 59.4 Å². The van der Waals surface area contributed by atoms with Gasteiger partial charge in [0.15, 0.2) is 0 Å². The summed E-state index contributed by atoms with van der Waals surface area (Å²) < 4.78 is 17.7. The lowest BCUT2D eigenvalue weighted by Gasteiger charge is -2.16. The van der Waals surface area contributed by atoms with Crippen LogP contribution in [0, 0.1) is 5.82 Å². The molecule has 0 aromatic heterocycles. The summed E-state index contributed by atoms with van der Waals surface area (Å²) in [6.45, 7) is -0.0545. The zero-order valence-electron chi connectivity index (χ0n) is 12.5. The Labute approximate surface area is 133 Å². The molecule has 0 heterocycles. The first-order valence-electron chi connectivity index (χ1n) is 7.30. The first-order chi connectivity index (χ1) is 11.0. The molecule has 0 unspecified atom stereocenters. The molecule has 23 heavy (non-hydrogen) atoms. The lowest BCUT2D eigenvalue weighted by Crippen LogP contribution is -2.41. The first-order valence-corrected chi connectivity index (χ1v) is 7.30. The molecule has 2 N–H and O–H groups in total. The van der Waals surface area contributed by atoms with Crippen molar-refractivity contribution in [3.8, 4) is 0 Å². The van der Waals surface area contributed by atoms with E-state index in [9.17, 15) is 19.1 Å². The van der Waals surface area contributed by atoms with Crippen molar-refractivity contribution in [2.45, 2.75) is 31.9 Å². The second-order valence-electron chi connectivity index (χ2n) is 5.20. The Morgan fingerprint density at radius 2 is 2.00 bits per heavy atom. The Morgan fingerprint density at radius 3 is 2.61 bits per heavy atom. The van der Waals surface area contributed by atoms with Crippen LogP contribution in [-0.2, 0) is 16.1 Å². The topological polar surface area (TPSA) is 75.6 Å². The molecular weight excluding hydrogens is 301 g/mol. The summed E-state index contributed by atoms with van der Waals surface area (Å²) in [5.74, 6) is -1.50. The van der Waals surface area contributed by atoms with Gasteiger partial charge in [-0.25, -0.2) is 14.0 Å². The van der Waals surface area contributed by atoms with Crippen molar-refractivity contribution in [3.63, 3.8) is 0 Å². The van der Waals surface area contributed by atoms with Gasteiger partial charge in [-0.05, 0) is 36.1 Å². The molecule has 5 nitrogen and oxygen atoms in total. The number of carboxylic acids is 1. The van der Waals surface area contributed by atoms with Crippen molar-refractivity contribution in [1.82, 2.24) is 5.32 Å². The minimum absolute atomic E-state index is 0.0545.